The molecule has 0 bridgehead atoms. The lowest BCUT2D eigenvalue weighted by Gasteiger charge is -2.35. The Morgan fingerprint density at radius 2 is 2.30 bits per heavy atom. The molecule has 4 atom stereocenters. The Balaban J connectivity index is 1.69. The zero-order valence-corrected chi connectivity index (χ0v) is 12.6. The van der Waals surface area contributed by atoms with E-state index in [-0.39, 0.29) is 30.3 Å². The maximum absolute atomic E-state index is 12.3. The van der Waals surface area contributed by atoms with E-state index >= 15 is 0 Å². The minimum Gasteiger partial charge on any atom is -0.391 e. The number of aliphatic hydroxyl groups excluding tert-OH is 1. The van der Waals surface area contributed by atoms with Gasteiger partial charge in [0.25, 0.3) is 5.91 Å². The zero-order chi connectivity index (χ0) is 16.6. The van der Waals surface area contributed by atoms with Crippen molar-refractivity contribution in [3.63, 3.8) is 0 Å². The third-order valence-corrected chi connectivity index (χ3v) is 4.19. The standard InChI is InChI=1S/C15H18N4O4/c1-8(20)12-15(23)19-7-10(5-11(19)14(22)18-12)17-13(21)9-3-2-4-16-6-9/h2-4,6,8,10-12,20H,5,7H2,1H3,(H,17,21)(H,18,22)/t8-,10+,11+,12+/m1/s1. The van der Waals surface area contributed by atoms with Gasteiger partial charge in [-0.2, -0.15) is 0 Å². The van der Waals surface area contributed by atoms with Crippen molar-refractivity contribution in [3.8, 4) is 0 Å². The molecule has 3 N–H and O–H groups in total. The SMILES string of the molecule is C[C@@H](O)[C@@H]1NC(=O)[C@@H]2C[C@H](NC(=O)c3cccnc3)CN2C1=O. The molecule has 2 aliphatic heterocycles. The van der Waals surface area contributed by atoms with Crippen molar-refractivity contribution in [1.82, 2.24) is 20.5 Å². The van der Waals surface area contributed by atoms with Crippen molar-refractivity contribution in [2.45, 2.75) is 37.6 Å². The van der Waals surface area contributed by atoms with Gasteiger partial charge in [-0.15, -0.1) is 0 Å². The van der Waals surface area contributed by atoms with Gasteiger partial charge in [-0.05, 0) is 25.5 Å². The number of pyridine rings is 1. The van der Waals surface area contributed by atoms with E-state index in [4.69, 9.17) is 0 Å². The number of rotatable bonds is 3. The maximum atomic E-state index is 12.3. The Morgan fingerprint density at radius 1 is 1.52 bits per heavy atom. The van der Waals surface area contributed by atoms with E-state index in [1.54, 1.807) is 18.3 Å². The highest BCUT2D eigenvalue weighted by atomic mass is 16.3. The van der Waals surface area contributed by atoms with E-state index in [1.807, 2.05) is 0 Å². The number of aliphatic hydroxyl groups is 1. The smallest absolute Gasteiger partial charge is 0.253 e. The Morgan fingerprint density at radius 3 is 2.96 bits per heavy atom. The van der Waals surface area contributed by atoms with Gasteiger partial charge in [-0.25, -0.2) is 0 Å². The van der Waals surface area contributed by atoms with Gasteiger partial charge in [0.15, 0.2) is 0 Å². The van der Waals surface area contributed by atoms with Gasteiger partial charge in [0.1, 0.15) is 12.1 Å². The molecular formula is C15H18N4O4. The number of amides is 3. The molecule has 2 fully saturated rings. The van der Waals surface area contributed by atoms with Gasteiger partial charge < -0.3 is 20.6 Å². The number of nitrogens with one attached hydrogen (secondary N) is 2. The number of piperazine rings is 1. The first-order valence-electron chi connectivity index (χ1n) is 7.47. The second kappa shape index (κ2) is 5.96. The summed E-state index contributed by atoms with van der Waals surface area (Å²) in [6.45, 7) is 1.72. The fraction of sp³-hybridized carbons (Fsp3) is 0.467. The van der Waals surface area contributed by atoms with Crippen molar-refractivity contribution in [1.29, 1.82) is 0 Å². The molecule has 23 heavy (non-hydrogen) atoms. The molecule has 3 heterocycles. The molecule has 122 valence electrons. The maximum Gasteiger partial charge on any atom is 0.253 e. The number of fused-ring (bicyclic) bond motifs is 1. The molecular weight excluding hydrogens is 300 g/mol. The van der Waals surface area contributed by atoms with Crippen molar-refractivity contribution in [3.05, 3.63) is 30.1 Å². The number of aromatic nitrogens is 1. The lowest BCUT2D eigenvalue weighted by Crippen LogP contribution is -2.64. The predicted molar refractivity (Wildman–Crippen MR) is 79.2 cm³/mol. The largest absolute Gasteiger partial charge is 0.391 e. The quantitative estimate of drug-likeness (QED) is 0.639. The van der Waals surface area contributed by atoms with Crippen molar-refractivity contribution in [2.75, 3.05) is 6.54 Å². The topological polar surface area (TPSA) is 112 Å². The molecule has 3 rings (SSSR count). The highest BCUT2D eigenvalue weighted by Crippen LogP contribution is 2.23. The third kappa shape index (κ3) is 2.89. The molecule has 2 aliphatic rings. The predicted octanol–water partition coefficient (Wildman–Crippen LogP) is -1.34. The molecule has 0 radical (unpaired) electrons. The van der Waals surface area contributed by atoms with Crippen LogP contribution in [-0.4, -0.2) is 63.5 Å². The van der Waals surface area contributed by atoms with Crippen LogP contribution in [0.25, 0.3) is 0 Å². The van der Waals surface area contributed by atoms with Crippen LogP contribution in [0.1, 0.15) is 23.7 Å². The molecule has 0 aromatic carbocycles. The second-order valence-electron chi connectivity index (χ2n) is 5.88. The minimum absolute atomic E-state index is 0.256. The summed E-state index contributed by atoms with van der Waals surface area (Å²) in [5.74, 6) is -0.903. The Hall–Kier alpha value is -2.48. The fourth-order valence-electron chi connectivity index (χ4n) is 3.02. The summed E-state index contributed by atoms with van der Waals surface area (Å²) < 4.78 is 0. The Labute approximate surface area is 132 Å². The van der Waals surface area contributed by atoms with Crippen molar-refractivity contribution >= 4 is 17.7 Å². The minimum atomic E-state index is -0.962. The normalized spacial score (nSPS) is 28.1. The molecule has 0 spiro atoms. The van der Waals surface area contributed by atoms with Gasteiger partial charge in [0, 0.05) is 25.0 Å². The van der Waals surface area contributed by atoms with Crippen molar-refractivity contribution < 1.29 is 19.5 Å². The number of hydrogen-bond donors (Lipinski definition) is 3. The number of carbonyl (C=O) groups excluding carboxylic acids is 3. The van der Waals surface area contributed by atoms with Gasteiger partial charge in [-0.1, -0.05) is 0 Å². The average molecular weight is 318 g/mol. The van der Waals surface area contributed by atoms with Gasteiger partial charge in [0.2, 0.25) is 11.8 Å². The molecule has 0 saturated carbocycles. The monoisotopic (exact) mass is 318 g/mol. The number of nitrogens with zero attached hydrogens (tertiary/aromatic N) is 2. The highest BCUT2D eigenvalue weighted by Gasteiger charge is 2.47. The number of carbonyl (C=O) groups is 3. The third-order valence-electron chi connectivity index (χ3n) is 4.19. The first-order valence-corrected chi connectivity index (χ1v) is 7.47. The Bertz CT molecular complexity index is 634. The van der Waals surface area contributed by atoms with Crippen LogP contribution in [0.15, 0.2) is 24.5 Å². The summed E-state index contributed by atoms with van der Waals surface area (Å²) in [5, 5.41) is 15.0. The molecule has 2 saturated heterocycles. The second-order valence-corrected chi connectivity index (χ2v) is 5.88. The summed E-state index contributed by atoms with van der Waals surface area (Å²) in [4.78, 5) is 41.9. The molecule has 1 aromatic heterocycles. The number of hydrogen-bond acceptors (Lipinski definition) is 5. The summed E-state index contributed by atoms with van der Waals surface area (Å²) >= 11 is 0. The van der Waals surface area contributed by atoms with E-state index in [0.717, 1.165) is 0 Å². The van der Waals surface area contributed by atoms with Gasteiger partial charge in [-0.3, -0.25) is 19.4 Å². The lowest BCUT2D eigenvalue weighted by molar-refractivity contribution is -0.149. The summed E-state index contributed by atoms with van der Waals surface area (Å²) in [7, 11) is 0. The van der Waals surface area contributed by atoms with Crippen LogP contribution in [-0.2, 0) is 9.59 Å². The highest BCUT2D eigenvalue weighted by molar-refractivity contribution is 5.98. The van der Waals surface area contributed by atoms with E-state index in [0.29, 0.717) is 12.0 Å². The van der Waals surface area contributed by atoms with E-state index in [2.05, 4.69) is 15.6 Å². The van der Waals surface area contributed by atoms with Crippen LogP contribution >= 0.6 is 0 Å². The molecule has 0 aliphatic carbocycles. The lowest BCUT2D eigenvalue weighted by atomic mass is 10.0. The summed E-state index contributed by atoms with van der Waals surface area (Å²) in [6, 6.07) is 1.47. The van der Waals surface area contributed by atoms with Crippen LogP contribution in [0.2, 0.25) is 0 Å². The van der Waals surface area contributed by atoms with Crippen LogP contribution < -0.4 is 10.6 Å². The fourth-order valence-corrected chi connectivity index (χ4v) is 3.02. The average Bonchev–Trinajstić information content (AvgIpc) is 2.96. The van der Waals surface area contributed by atoms with Crippen LogP contribution in [0.5, 0.6) is 0 Å². The van der Waals surface area contributed by atoms with E-state index in [9.17, 15) is 19.5 Å². The van der Waals surface area contributed by atoms with Crippen LogP contribution in [0.3, 0.4) is 0 Å². The molecule has 8 nitrogen and oxygen atoms in total. The molecule has 8 heteroatoms. The van der Waals surface area contributed by atoms with E-state index < -0.39 is 18.2 Å². The summed E-state index contributed by atoms with van der Waals surface area (Å²) in [5.41, 5.74) is 0.426. The van der Waals surface area contributed by atoms with Crippen LogP contribution in [0, 0.1) is 0 Å². The van der Waals surface area contributed by atoms with E-state index in [1.165, 1.54) is 18.0 Å². The van der Waals surface area contributed by atoms with Crippen LogP contribution in [0.4, 0.5) is 0 Å². The zero-order valence-electron chi connectivity index (χ0n) is 12.6. The summed E-state index contributed by atoms with van der Waals surface area (Å²) in [6.07, 6.45) is 2.43. The molecule has 3 amide bonds. The first-order chi connectivity index (χ1) is 11.0. The molecule has 1 aromatic rings. The first kappa shape index (κ1) is 15.4. The van der Waals surface area contributed by atoms with Gasteiger partial charge in [0.05, 0.1) is 11.7 Å². The molecule has 0 unspecified atom stereocenters. The Kier molecular flexibility index (Phi) is 3.99. The van der Waals surface area contributed by atoms with Crippen molar-refractivity contribution in [2.24, 2.45) is 0 Å². The van der Waals surface area contributed by atoms with Gasteiger partial charge >= 0.3 is 0 Å².